The summed E-state index contributed by atoms with van der Waals surface area (Å²) in [6.07, 6.45) is 1.61. The van der Waals surface area contributed by atoms with Gasteiger partial charge in [-0.05, 0) is 60.5 Å². The van der Waals surface area contributed by atoms with Crippen LogP contribution in [0.15, 0.2) is 74.5 Å². The van der Waals surface area contributed by atoms with Crippen LogP contribution in [0.1, 0.15) is 33.3 Å². The smallest absolute Gasteiger partial charge is 0.296 e. The van der Waals surface area contributed by atoms with Crippen molar-refractivity contribution in [3.8, 4) is 5.75 Å². The average Bonchev–Trinajstić information content (AvgIpc) is 3.11. The summed E-state index contributed by atoms with van der Waals surface area (Å²) >= 11 is 3.39. The van der Waals surface area contributed by atoms with Crippen LogP contribution in [0.4, 0.5) is 5.82 Å². The highest BCUT2D eigenvalue weighted by Gasteiger charge is 2.44. The molecule has 0 saturated heterocycles. The van der Waals surface area contributed by atoms with Crippen LogP contribution in [0.5, 0.6) is 5.75 Å². The summed E-state index contributed by atoms with van der Waals surface area (Å²) in [6, 6.07) is 14.7. The number of halogens is 1. The largest absolute Gasteiger partial charge is 0.484 e. The zero-order valence-electron chi connectivity index (χ0n) is 17.9. The van der Waals surface area contributed by atoms with Gasteiger partial charge in [0.05, 0.1) is 17.0 Å². The molecule has 2 amide bonds. The Labute approximate surface area is 202 Å². The number of hydrogen-bond donors (Lipinski definition) is 1. The van der Waals surface area contributed by atoms with Gasteiger partial charge in [-0.2, -0.15) is 0 Å². The van der Waals surface area contributed by atoms with Crippen molar-refractivity contribution in [2.45, 2.75) is 13.0 Å². The fourth-order valence-electron chi connectivity index (χ4n) is 4.05. The highest BCUT2D eigenvalue weighted by molar-refractivity contribution is 9.10. The third-order valence-electron chi connectivity index (χ3n) is 5.56. The monoisotopic (exact) mass is 519 g/mol. The summed E-state index contributed by atoms with van der Waals surface area (Å²) in [6.45, 7) is 1.64. The average molecular weight is 520 g/mol. The van der Waals surface area contributed by atoms with Crippen molar-refractivity contribution >= 4 is 44.5 Å². The van der Waals surface area contributed by atoms with E-state index in [0.29, 0.717) is 28.1 Å². The quantitative estimate of drug-likeness (QED) is 0.427. The molecule has 34 heavy (non-hydrogen) atoms. The van der Waals surface area contributed by atoms with E-state index in [9.17, 15) is 14.4 Å². The van der Waals surface area contributed by atoms with Crippen molar-refractivity contribution in [2.24, 2.45) is 5.73 Å². The number of benzene rings is 2. The molecule has 1 unspecified atom stereocenters. The van der Waals surface area contributed by atoms with Crippen molar-refractivity contribution in [1.29, 1.82) is 0 Å². The van der Waals surface area contributed by atoms with Gasteiger partial charge in [0.2, 0.25) is 5.76 Å². The van der Waals surface area contributed by atoms with Crippen molar-refractivity contribution in [3.05, 3.63) is 97.9 Å². The molecule has 2 N–H and O–H groups in total. The number of pyridine rings is 1. The standard InChI is InChI=1S/C25H18BrN3O5/c1-13-8-9-28-20(10-13)29-22(14-2-5-16(6-3-14)33-12-19(27)30)21-23(31)17-11-15(26)4-7-18(17)34-24(21)25(29)32/h2-11,22H,12H2,1H3,(H2,27,30). The number of primary amides is 1. The van der Waals surface area contributed by atoms with E-state index in [1.54, 1.807) is 54.7 Å². The van der Waals surface area contributed by atoms with Crippen LogP contribution in [-0.2, 0) is 4.79 Å². The number of rotatable bonds is 5. The first-order chi connectivity index (χ1) is 16.3. The molecule has 4 aromatic rings. The predicted molar refractivity (Wildman–Crippen MR) is 129 cm³/mol. The van der Waals surface area contributed by atoms with Gasteiger partial charge in [0, 0.05) is 10.7 Å². The Morgan fingerprint density at radius 1 is 1.15 bits per heavy atom. The maximum absolute atomic E-state index is 13.6. The third kappa shape index (κ3) is 3.73. The molecule has 2 aromatic heterocycles. The van der Waals surface area contributed by atoms with Gasteiger partial charge in [-0.1, -0.05) is 28.1 Å². The molecule has 0 aliphatic carbocycles. The maximum Gasteiger partial charge on any atom is 0.296 e. The molecular weight excluding hydrogens is 502 g/mol. The van der Waals surface area contributed by atoms with Crippen LogP contribution in [-0.4, -0.2) is 23.4 Å². The molecule has 5 rings (SSSR count). The summed E-state index contributed by atoms with van der Waals surface area (Å²) < 4.78 is 12.0. The van der Waals surface area contributed by atoms with Gasteiger partial charge in [-0.15, -0.1) is 0 Å². The van der Waals surface area contributed by atoms with E-state index in [1.807, 2.05) is 13.0 Å². The number of hydrogen-bond acceptors (Lipinski definition) is 6. The zero-order valence-corrected chi connectivity index (χ0v) is 19.5. The molecule has 8 nitrogen and oxygen atoms in total. The van der Waals surface area contributed by atoms with E-state index < -0.39 is 17.9 Å². The lowest BCUT2D eigenvalue weighted by Crippen LogP contribution is -2.30. The molecule has 2 aromatic carbocycles. The molecule has 1 aliphatic rings. The minimum atomic E-state index is -0.762. The second-order valence-corrected chi connectivity index (χ2v) is 8.82. The normalized spacial score (nSPS) is 14.9. The Kier molecular flexibility index (Phi) is 5.41. The van der Waals surface area contributed by atoms with Crippen molar-refractivity contribution in [1.82, 2.24) is 4.98 Å². The Morgan fingerprint density at radius 3 is 2.62 bits per heavy atom. The van der Waals surface area contributed by atoms with Crippen LogP contribution >= 0.6 is 15.9 Å². The number of carbonyl (C=O) groups excluding carboxylic acids is 2. The predicted octanol–water partition coefficient (Wildman–Crippen LogP) is 3.87. The number of ether oxygens (including phenoxy) is 1. The lowest BCUT2D eigenvalue weighted by atomic mass is 9.98. The number of aryl methyl sites for hydroxylation is 1. The van der Waals surface area contributed by atoms with E-state index in [4.69, 9.17) is 14.9 Å². The van der Waals surface area contributed by atoms with Crippen LogP contribution < -0.4 is 20.8 Å². The summed E-state index contributed by atoms with van der Waals surface area (Å²) in [4.78, 5) is 44.1. The van der Waals surface area contributed by atoms with Crippen LogP contribution in [0.3, 0.4) is 0 Å². The SMILES string of the molecule is Cc1ccnc(N2C(=O)c3oc4ccc(Br)cc4c(=O)c3C2c2ccc(OCC(N)=O)cc2)c1. The number of fused-ring (bicyclic) bond motifs is 2. The first kappa shape index (κ1) is 21.8. The van der Waals surface area contributed by atoms with E-state index in [-0.39, 0.29) is 23.4 Å². The molecule has 0 radical (unpaired) electrons. The molecule has 0 fully saturated rings. The number of nitrogens with two attached hydrogens (primary N) is 1. The summed E-state index contributed by atoms with van der Waals surface area (Å²) in [7, 11) is 0. The van der Waals surface area contributed by atoms with Crippen molar-refractivity contribution in [3.63, 3.8) is 0 Å². The number of carbonyl (C=O) groups is 2. The van der Waals surface area contributed by atoms with Gasteiger partial charge in [0.25, 0.3) is 11.8 Å². The lowest BCUT2D eigenvalue weighted by Gasteiger charge is -2.24. The molecule has 3 heterocycles. The van der Waals surface area contributed by atoms with E-state index >= 15 is 0 Å². The molecule has 0 bridgehead atoms. The molecule has 1 atom stereocenters. The molecule has 0 saturated carbocycles. The number of nitrogens with zero attached hydrogens (tertiary/aromatic N) is 2. The molecular formula is C25H18BrN3O5. The Bertz CT molecular complexity index is 1510. The second kappa shape index (κ2) is 8.42. The first-order valence-electron chi connectivity index (χ1n) is 10.4. The van der Waals surface area contributed by atoms with Crippen molar-refractivity contribution < 1.29 is 18.7 Å². The number of anilines is 1. The Morgan fingerprint density at radius 2 is 1.91 bits per heavy atom. The lowest BCUT2D eigenvalue weighted by molar-refractivity contribution is -0.119. The van der Waals surface area contributed by atoms with Crippen LogP contribution in [0.25, 0.3) is 11.0 Å². The van der Waals surface area contributed by atoms with E-state index in [0.717, 1.165) is 10.0 Å². The molecule has 0 spiro atoms. The number of aromatic nitrogens is 1. The van der Waals surface area contributed by atoms with Crippen LogP contribution in [0, 0.1) is 6.92 Å². The van der Waals surface area contributed by atoms with Crippen molar-refractivity contribution in [2.75, 3.05) is 11.5 Å². The highest BCUT2D eigenvalue weighted by Crippen LogP contribution is 2.41. The second-order valence-electron chi connectivity index (χ2n) is 7.91. The third-order valence-corrected chi connectivity index (χ3v) is 6.05. The van der Waals surface area contributed by atoms with Gasteiger partial charge >= 0.3 is 0 Å². The van der Waals surface area contributed by atoms with E-state index in [1.165, 1.54) is 4.90 Å². The minimum Gasteiger partial charge on any atom is -0.484 e. The minimum absolute atomic E-state index is 0.0119. The summed E-state index contributed by atoms with van der Waals surface area (Å²) in [5.41, 5.74) is 6.99. The molecule has 170 valence electrons. The van der Waals surface area contributed by atoms with Gasteiger partial charge in [-0.25, -0.2) is 4.98 Å². The topological polar surface area (TPSA) is 116 Å². The van der Waals surface area contributed by atoms with Gasteiger partial charge in [0.1, 0.15) is 17.2 Å². The zero-order chi connectivity index (χ0) is 24.0. The van der Waals surface area contributed by atoms with Gasteiger partial charge in [0.15, 0.2) is 12.0 Å². The fraction of sp³-hybridized carbons (Fsp3) is 0.120. The van der Waals surface area contributed by atoms with Gasteiger partial charge < -0.3 is 14.9 Å². The molecule has 9 heteroatoms. The van der Waals surface area contributed by atoms with E-state index in [2.05, 4.69) is 20.9 Å². The fourth-order valence-corrected chi connectivity index (χ4v) is 4.41. The maximum atomic E-state index is 13.6. The van der Waals surface area contributed by atoms with Gasteiger partial charge in [-0.3, -0.25) is 19.3 Å². The Hall–Kier alpha value is -3.98. The highest BCUT2D eigenvalue weighted by atomic mass is 79.9. The Balaban J connectivity index is 1.70. The summed E-state index contributed by atoms with van der Waals surface area (Å²) in [5, 5.41) is 0.367. The van der Waals surface area contributed by atoms with Crippen LogP contribution in [0.2, 0.25) is 0 Å². The number of amides is 2. The first-order valence-corrected chi connectivity index (χ1v) is 11.2. The summed E-state index contributed by atoms with van der Waals surface area (Å²) in [5.74, 6) is -0.218. The molecule has 1 aliphatic heterocycles.